The monoisotopic (exact) mass is 690 g/mol. The number of hydrogen-bond donors (Lipinski definition) is 0. The SMILES string of the molecule is CCCCOc1ccc(-c2ccc(C3CCC(C(=O)OC4CCC(c5ccc(OCCCC)c(F)c5F)CC4)CC3)c(F)c2F)c(F)c1F. The molecule has 4 nitrogen and oxygen atoms in total. The van der Waals surface area contributed by atoms with E-state index in [-0.39, 0.29) is 59.1 Å². The second kappa shape index (κ2) is 16.8. The van der Waals surface area contributed by atoms with Crippen LogP contribution in [-0.2, 0) is 9.53 Å². The Kier molecular flexibility index (Phi) is 12.6. The number of ether oxygens (including phenoxy) is 3. The zero-order valence-electron chi connectivity index (χ0n) is 28.1. The van der Waals surface area contributed by atoms with Gasteiger partial charge in [0.1, 0.15) is 6.10 Å². The van der Waals surface area contributed by atoms with Crippen LogP contribution < -0.4 is 9.47 Å². The molecule has 0 radical (unpaired) electrons. The van der Waals surface area contributed by atoms with Crippen LogP contribution in [0, 0.1) is 40.8 Å². The molecule has 2 fully saturated rings. The molecular formula is C39H44F6O4. The third-order valence-corrected chi connectivity index (χ3v) is 9.93. The van der Waals surface area contributed by atoms with E-state index in [1.165, 1.54) is 30.3 Å². The molecule has 266 valence electrons. The summed E-state index contributed by atoms with van der Waals surface area (Å²) in [6.45, 7) is 4.45. The van der Waals surface area contributed by atoms with E-state index < -0.39 is 40.5 Å². The Morgan fingerprint density at radius 3 is 1.55 bits per heavy atom. The average molecular weight is 691 g/mol. The van der Waals surface area contributed by atoms with Crippen molar-refractivity contribution in [3.8, 4) is 22.6 Å². The lowest BCUT2D eigenvalue weighted by molar-refractivity contribution is -0.157. The molecule has 49 heavy (non-hydrogen) atoms. The normalized spacial score (nSPS) is 21.0. The summed E-state index contributed by atoms with van der Waals surface area (Å²) in [6, 6.07) is 8.12. The summed E-state index contributed by atoms with van der Waals surface area (Å²) in [5.41, 5.74) is -0.337. The molecule has 3 aromatic rings. The lowest BCUT2D eigenvalue weighted by atomic mass is 9.78. The van der Waals surface area contributed by atoms with Crippen LogP contribution in [0.3, 0.4) is 0 Å². The zero-order chi connectivity index (χ0) is 35.1. The lowest BCUT2D eigenvalue weighted by Gasteiger charge is -2.32. The molecule has 0 aliphatic heterocycles. The van der Waals surface area contributed by atoms with Gasteiger partial charge >= 0.3 is 5.97 Å². The van der Waals surface area contributed by atoms with Crippen LogP contribution >= 0.6 is 0 Å². The molecule has 0 heterocycles. The number of rotatable bonds is 13. The van der Waals surface area contributed by atoms with Gasteiger partial charge in [0.2, 0.25) is 11.6 Å². The van der Waals surface area contributed by atoms with Gasteiger partial charge in [0.25, 0.3) is 0 Å². The van der Waals surface area contributed by atoms with Gasteiger partial charge in [0.05, 0.1) is 19.1 Å². The van der Waals surface area contributed by atoms with E-state index in [4.69, 9.17) is 14.2 Å². The predicted molar refractivity (Wildman–Crippen MR) is 175 cm³/mol. The number of esters is 1. The zero-order valence-corrected chi connectivity index (χ0v) is 28.1. The van der Waals surface area contributed by atoms with Crippen LogP contribution in [0.25, 0.3) is 11.1 Å². The molecule has 2 saturated carbocycles. The molecule has 2 aliphatic carbocycles. The van der Waals surface area contributed by atoms with Crippen LogP contribution in [0.15, 0.2) is 36.4 Å². The molecule has 0 N–H and O–H groups in total. The summed E-state index contributed by atoms with van der Waals surface area (Å²) in [4.78, 5) is 13.0. The summed E-state index contributed by atoms with van der Waals surface area (Å²) in [5.74, 6) is -8.42. The van der Waals surface area contributed by atoms with E-state index in [0.29, 0.717) is 70.0 Å². The van der Waals surface area contributed by atoms with Gasteiger partial charge in [-0.1, -0.05) is 44.9 Å². The summed E-state index contributed by atoms with van der Waals surface area (Å²) in [7, 11) is 0. The van der Waals surface area contributed by atoms with Gasteiger partial charge in [0, 0.05) is 11.1 Å². The van der Waals surface area contributed by atoms with E-state index in [2.05, 4.69) is 0 Å². The predicted octanol–water partition coefficient (Wildman–Crippen LogP) is 11.1. The first-order valence-corrected chi connectivity index (χ1v) is 17.5. The molecule has 0 aromatic heterocycles. The number of carbonyl (C=O) groups excluding carboxylic acids is 1. The first-order valence-electron chi connectivity index (χ1n) is 17.5. The van der Waals surface area contributed by atoms with Crippen molar-refractivity contribution >= 4 is 5.97 Å². The highest BCUT2D eigenvalue weighted by Gasteiger charge is 2.34. The summed E-state index contributed by atoms with van der Waals surface area (Å²) < 4.78 is 106. The topological polar surface area (TPSA) is 44.8 Å². The van der Waals surface area contributed by atoms with Crippen LogP contribution in [-0.4, -0.2) is 25.3 Å². The van der Waals surface area contributed by atoms with Crippen molar-refractivity contribution in [2.24, 2.45) is 5.92 Å². The van der Waals surface area contributed by atoms with E-state index in [9.17, 15) is 22.4 Å². The molecule has 0 bridgehead atoms. The highest BCUT2D eigenvalue weighted by molar-refractivity contribution is 5.73. The quantitative estimate of drug-likeness (QED) is 0.102. The first-order chi connectivity index (χ1) is 23.6. The molecule has 3 aromatic carbocycles. The summed E-state index contributed by atoms with van der Waals surface area (Å²) in [6.07, 6.45) is 6.64. The minimum absolute atomic E-state index is 0.0847. The van der Waals surface area contributed by atoms with Crippen molar-refractivity contribution < 1.29 is 45.3 Å². The minimum atomic E-state index is -1.31. The fraction of sp³-hybridized carbons (Fsp3) is 0.513. The lowest BCUT2D eigenvalue weighted by Crippen LogP contribution is -2.30. The maximum atomic E-state index is 15.3. The van der Waals surface area contributed by atoms with Crippen LogP contribution in [0.5, 0.6) is 11.5 Å². The van der Waals surface area contributed by atoms with E-state index in [1.807, 2.05) is 13.8 Å². The number of benzene rings is 3. The smallest absolute Gasteiger partial charge is 0.309 e. The number of hydrogen-bond acceptors (Lipinski definition) is 4. The van der Waals surface area contributed by atoms with Crippen molar-refractivity contribution in [3.05, 3.63) is 82.4 Å². The van der Waals surface area contributed by atoms with E-state index in [0.717, 1.165) is 19.3 Å². The van der Waals surface area contributed by atoms with Crippen LogP contribution in [0.2, 0.25) is 0 Å². The Bertz CT molecular complexity index is 1600. The van der Waals surface area contributed by atoms with Gasteiger partial charge in [-0.25, -0.2) is 17.6 Å². The number of halogens is 6. The Balaban J connectivity index is 1.13. The molecule has 0 unspecified atom stereocenters. The molecule has 0 amide bonds. The van der Waals surface area contributed by atoms with Gasteiger partial charge in [-0.05, 0) is 105 Å². The van der Waals surface area contributed by atoms with Gasteiger partial charge in [-0.3, -0.25) is 4.79 Å². The average Bonchev–Trinajstić information content (AvgIpc) is 3.11. The van der Waals surface area contributed by atoms with Crippen LogP contribution in [0.1, 0.15) is 114 Å². The highest BCUT2D eigenvalue weighted by Crippen LogP contribution is 2.42. The fourth-order valence-electron chi connectivity index (χ4n) is 6.96. The third-order valence-electron chi connectivity index (χ3n) is 9.93. The molecule has 10 heteroatoms. The van der Waals surface area contributed by atoms with Crippen LogP contribution in [0.4, 0.5) is 26.3 Å². The van der Waals surface area contributed by atoms with Crippen molar-refractivity contribution in [1.82, 2.24) is 0 Å². The minimum Gasteiger partial charge on any atom is -0.490 e. The van der Waals surface area contributed by atoms with Gasteiger partial charge in [-0.15, -0.1) is 0 Å². The summed E-state index contributed by atoms with van der Waals surface area (Å²) in [5, 5.41) is 0. The second-order valence-corrected chi connectivity index (χ2v) is 13.2. The van der Waals surface area contributed by atoms with Crippen molar-refractivity contribution in [2.45, 2.75) is 109 Å². The Morgan fingerprint density at radius 1 is 0.571 bits per heavy atom. The number of carbonyl (C=O) groups is 1. The Hall–Kier alpha value is -3.69. The first kappa shape index (κ1) is 36.6. The largest absolute Gasteiger partial charge is 0.490 e. The Labute approximate surface area is 284 Å². The van der Waals surface area contributed by atoms with Crippen molar-refractivity contribution in [2.75, 3.05) is 13.2 Å². The molecule has 5 rings (SSSR count). The molecular weight excluding hydrogens is 646 g/mol. The van der Waals surface area contributed by atoms with Gasteiger partial charge < -0.3 is 14.2 Å². The van der Waals surface area contributed by atoms with E-state index >= 15 is 8.78 Å². The Morgan fingerprint density at radius 2 is 1.00 bits per heavy atom. The van der Waals surface area contributed by atoms with Gasteiger partial charge in [-0.2, -0.15) is 8.78 Å². The molecule has 2 aliphatic rings. The fourth-order valence-corrected chi connectivity index (χ4v) is 6.96. The maximum absolute atomic E-state index is 15.3. The summed E-state index contributed by atoms with van der Waals surface area (Å²) >= 11 is 0. The highest BCUT2D eigenvalue weighted by atomic mass is 19.2. The van der Waals surface area contributed by atoms with E-state index in [1.54, 1.807) is 6.07 Å². The molecule has 0 atom stereocenters. The standard InChI is InChI=1S/C39H44F6O4/c1-3-5-21-47-31-19-17-28(34(41)37(31)44)24-11-13-26(14-12-24)49-39(46)25-9-7-23(8-10-25)27-15-16-29(35(42)33(27)40)30-18-20-32(38(45)36(30)43)48-22-6-4-2/h15-20,23-26H,3-14,21-22H2,1-2H3. The molecule has 0 spiro atoms. The number of unbranched alkanes of at least 4 members (excludes halogenated alkanes) is 2. The van der Waals surface area contributed by atoms with Gasteiger partial charge in [0.15, 0.2) is 34.8 Å². The van der Waals surface area contributed by atoms with Crippen molar-refractivity contribution in [3.63, 3.8) is 0 Å². The molecule has 0 saturated heterocycles. The second-order valence-electron chi connectivity index (χ2n) is 13.2. The third kappa shape index (κ3) is 8.38. The maximum Gasteiger partial charge on any atom is 0.309 e. The van der Waals surface area contributed by atoms with Crippen molar-refractivity contribution in [1.29, 1.82) is 0 Å².